The van der Waals surface area contributed by atoms with Crippen LogP contribution in [0.2, 0.25) is 0 Å². The van der Waals surface area contributed by atoms with Gasteiger partial charge in [-0.1, -0.05) is 24.2 Å². The van der Waals surface area contributed by atoms with Crippen LogP contribution in [0.5, 0.6) is 0 Å². The molecule has 1 aromatic carbocycles. The van der Waals surface area contributed by atoms with Crippen molar-refractivity contribution in [1.82, 2.24) is 19.7 Å². The quantitative estimate of drug-likeness (QED) is 0.737. The van der Waals surface area contributed by atoms with E-state index in [1.807, 2.05) is 12.1 Å². The van der Waals surface area contributed by atoms with Gasteiger partial charge in [-0.25, -0.2) is 4.98 Å². The number of aryl methyl sites for hydroxylation is 1. The molecule has 1 spiro atoms. The van der Waals surface area contributed by atoms with Crippen molar-refractivity contribution < 1.29 is 4.52 Å². The van der Waals surface area contributed by atoms with E-state index in [0.29, 0.717) is 17.9 Å². The topological polar surface area (TPSA) is 56.7 Å². The summed E-state index contributed by atoms with van der Waals surface area (Å²) in [5.41, 5.74) is 2.83. The van der Waals surface area contributed by atoms with Gasteiger partial charge in [-0.3, -0.25) is 0 Å². The maximum Gasteiger partial charge on any atom is 0.229 e. The number of imidazole rings is 1. The molecule has 23 heavy (non-hydrogen) atoms. The van der Waals surface area contributed by atoms with Crippen molar-refractivity contribution in [2.75, 3.05) is 0 Å². The first-order valence-electron chi connectivity index (χ1n) is 8.53. The third-order valence-electron chi connectivity index (χ3n) is 5.50. The minimum atomic E-state index is 0.490. The standard InChI is InChI=1S/C18H20N4O/c1-2-16-19-13-5-3-4-6-14(13)22(16)11-15-20-17(23-21-15)12-9-18(10-12)7-8-18/h3-6,12H,2,7-11H2,1H3. The van der Waals surface area contributed by atoms with Crippen molar-refractivity contribution in [2.45, 2.75) is 51.5 Å². The molecule has 0 unspecified atom stereocenters. The molecule has 5 rings (SSSR count). The summed E-state index contributed by atoms with van der Waals surface area (Å²) in [7, 11) is 0. The molecular weight excluding hydrogens is 288 g/mol. The Balaban J connectivity index is 1.42. The Bertz CT molecular complexity index is 866. The van der Waals surface area contributed by atoms with Gasteiger partial charge in [0, 0.05) is 12.3 Å². The van der Waals surface area contributed by atoms with Crippen LogP contribution in [0.25, 0.3) is 11.0 Å². The monoisotopic (exact) mass is 308 g/mol. The van der Waals surface area contributed by atoms with Crippen LogP contribution in [-0.2, 0) is 13.0 Å². The first-order valence-corrected chi connectivity index (χ1v) is 8.53. The average Bonchev–Trinajstić information content (AvgIpc) is 3.09. The molecule has 0 atom stereocenters. The Kier molecular flexibility index (Phi) is 2.69. The summed E-state index contributed by atoms with van der Waals surface area (Å²) in [5, 5.41) is 4.21. The van der Waals surface area contributed by atoms with Gasteiger partial charge < -0.3 is 9.09 Å². The zero-order chi connectivity index (χ0) is 15.4. The second-order valence-corrected chi connectivity index (χ2v) is 7.11. The predicted molar refractivity (Wildman–Crippen MR) is 86.2 cm³/mol. The molecule has 5 nitrogen and oxygen atoms in total. The maximum absolute atomic E-state index is 5.53. The van der Waals surface area contributed by atoms with Crippen LogP contribution in [0.4, 0.5) is 0 Å². The maximum atomic E-state index is 5.53. The summed E-state index contributed by atoms with van der Waals surface area (Å²) in [5.74, 6) is 3.15. The molecule has 0 aliphatic heterocycles. The molecule has 2 aliphatic rings. The summed E-state index contributed by atoms with van der Waals surface area (Å²) in [6.45, 7) is 2.76. The Morgan fingerprint density at radius 2 is 2.04 bits per heavy atom. The zero-order valence-electron chi connectivity index (χ0n) is 13.3. The average molecular weight is 308 g/mol. The highest BCUT2D eigenvalue weighted by atomic mass is 16.5. The summed E-state index contributed by atoms with van der Waals surface area (Å²) in [6.07, 6.45) is 6.16. The molecule has 2 saturated carbocycles. The SMILES string of the molecule is CCc1nc2ccccc2n1Cc1noc(C2CC3(CC3)C2)n1. The number of hydrogen-bond donors (Lipinski definition) is 0. The van der Waals surface area contributed by atoms with Gasteiger partial charge >= 0.3 is 0 Å². The van der Waals surface area contributed by atoms with E-state index in [1.54, 1.807) is 0 Å². The number of hydrogen-bond acceptors (Lipinski definition) is 4. The fraction of sp³-hybridized carbons (Fsp3) is 0.500. The van der Waals surface area contributed by atoms with Gasteiger partial charge in [-0.15, -0.1) is 0 Å². The largest absolute Gasteiger partial charge is 0.339 e. The lowest BCUT2D eigenvalue weighted by molar-refractivity contribution is 0.191. The number of aromatic nitrogens is 4. The summed E-state index contributed by atoms with van der Waals surface area (Å²) >= 11 is 0. The van der Waals surface area contributed by atoms with Gasteiger partial charge in [0.05, 0.1) is 17.6 Å². The number of benzene rings is 1. The first-order chi connectivity index (χ1) is 11.3. The van der Waals surface area contributed by atoms with E-state index in [2.05, 4.69) is 33.8 Å². The Labute approximate surface area is 134 Å². The van der Waals surface area contributed by atoms with Crippen LogP contribution in [0, 0.1) is 5.41 Å². The minimum absolute atomic E-state index is 0.490. The van der Waals surface area contributed by atoms with Crippen LogP contribution in [-0.4, -0.2) is 19.7 Å². The lowest BCUT2D eigenvalue weighted by atomic mass is 9.72. The van der Waals surface area contributed by atoms with Gasteiger partial charge in [-0.2, -0.15) is 4.98 Å². The molecule has 0 saturated heterocycles. The Morgan fingerprint density at radius 1 is 1.22 bits per heavy atom. The van der Waals surface area contributed by atoms with Crippen LogP contribution in [0.3, 0.4) is 0 Å². The smallest absolute Gasteiger partial charge is 0.229 e. The van der Waals surface area contributed by atoms with Crippen molar-refractivity contribution in [2.24, 2.45) is 5.41 Å². The fourth-order valence-corrected chi connectivity index (χ4v) is 3.96. The fourth-order valence-electron chi connectivity index (χ4n) is 3.96. The molecule has 118 valence electrons. The molecule has 2 aliphatic carbocycles. The van der Waals surface area contributed by atoms with Crippen molar-refractivity contribution in [3.8, 4) is 0 Å². The van der Waals surface area contributed by atoms with Crippen molar-refractivity contribution >= 4 is 11.0 Å². The second-order valence-electron chi connectivity index (χ2n) is 7.11. The van der Waals surface area contributed by atoms with Crippen LogP contribution in [0.1, 0.15) is 56.1 Å². The van der Waals surface area contributed by atoms with E-state index in [4.69, 9.17) is 9.51 Å². The van der Waals surface area contributed by atoms with E-state index in [1.165, 1.54) is 25.7 Å². The van der Waals surface area contributed by atoms with Crippen molar-refractivity contribution in [3.63, 3.8) is 0 Å². The molecule has 3 aromatic rings. The number of nitrogens with zero attached hydrogens (tertiary/aromatic N) is 4. The highest BCUT2D eigenvalue weighted by Crippen LogP contribution is 2.65. The molecule has 0 radical (unpaired) electrons. The van der Waals surface area contributed by atoms with E-state index >= 15 is 0 Å². The normalized spacial score (nSPS) is 19.3. The number of para-hydroxylation sites is 2. The molecule has 2 heterocycles. The highest BCUT2D eigenvalue weighted by Gasteiger charge is 2.54. The second kappa shape index (κ2) is 4.66. The van der Waals surface area contributed by atoms with Crippen LogP contribution < -0.4 is 0 Å². The van der Waals surface area contributed by atoms with Crippen LogP contribution in [0.15, 0.2) is 28.8 Å². The molecular formula is C18H20N4O. The molecule has 2 aromatic heterocycles. The molecule has 2 fully saturated rings. The van der Waals surface area contributed by atoms with E-state index in [0.717, 1.165) is 35.0 Å². The van der Waals surface area contributed by atoms with Crippen LogP contribution >= 0.6 is 0 Å². The van der Waals surface area contributed by atoms with Gasteiger partial charge in [-0.05, 0) is 43.2 Å². The van der Waals surface area contributed by atoms with Gasteiger partial charge in [0.15, 0.2) is 5.82 Å². The lowest BCUT2D eigenvalue weighted by Crippen LogP contribution is -2.23. The molecule has 0 amide bonds. The highest BCUT2D eigenvalue weighted by molar-refractivity contribution is 5.75. The van der Waals surface area contributed by atoms with Gasteiger partial charge in [0.25, 0.3) is 0 Å². The number of fused-ring (bicyclic) bond motifs is 1. The van der Waals surface area contributed by atoms with Gasteiger partial charge in [0.2, 0.25) is 5.89 Å². The van der Waals surface area contributed by atoms with Gasteiger partial charge in [0.1, 0.15) is 5.82 Å². The Morgan fingerprint density at radius 3 is 2.83 bits per heavy atom. The molecule has 0 bridgehead atoms. The van der Waals surface area contributed by atoms with E-state index in [9.17, 15) is 0 Å². The molecule has 0 N–H and O–H groups in total. The van der Waals surface area contributed by atoms with E-state index in [-0.39, 0.29) is 0 Å². The van der Waals surface area contributed by atoms with Crippen molar-refractivity contribution in [3.05, 3.63) is 41.8 Å². The minimum Gasteiger partial charge on any atom is -0.339 e. The van der Waals surface area contributed by atoms with E-state index < -0.39 is 0 Å². The first kappa shape index (κ1) is 13.3. The third kappa shape index (κ3) is 2.10. The number of rotatable bonds is 4. The summed E-state index contributed by atoms with van der Waals surface area (Å²) in [4.78, 5) is 9.36. The van der Waals surface area contributed by atoms with Crippen molar-refractivity contribution in [1.29, 1.82) is 0 Å². The molecule has 5 heteroatoms. The Hall–Kier alpha value is -2.17. The summed E-state index contributed by atoms with van der Waals surface area (Å²) < 4.78 is 7.73. The summed E-state index contributed by atoms with van der Waals surface area (Å²) in [6, 6.07) is 8.22. The lowest BCUT2D eigenvalue weighted by Gasteiger charge is -2.32. The third-order valence-corrected chi connectivity index (χ3v) is 5.50. The predicted octanol–water partition coefficient (Wildman–Crippen LogP) is 3.69. The zero-order valence-corrected chi connectivity index (χ0v) is 13.3.